The molecule has 94 valence electrons. The number of nitrogens with two attached hydrogens (primary N) is 1. The number of benzene rings is 1. The molecular formula is C12H16ClFN2O. The van der Waals surface area contributed by atoms with Gasteiger partial charge in [0.2, 0.25) is 0 Å². The first-order valence-electron chi connectivity index (χ1n) is 5.70. The van der Waals surface area contributed by atoms with Crippen molar-refractivity contribution in [3.8, 4) is 0 Å². The molecule has 0 radical (unpaired) electrons. The Morgan fingerprint density at radius 1 is 1.59 bits per heavy atom. The number of anilines is 2. The number of ether oxygens (including phenoxy) is 1. The van der Waals surface area contributed by atoms with Gasteiger partial charge in [0.1, 0.15) is 5.82 Å². The largest absolute Gasteiger partial charge is 0.397 e. The molecule has 2 atom stereocenters. The fraction of sp³-hybridized carbons (Fsp3) is 0.500. The Labute approximate surface area is 105 Å². The molecule has 3 N–H and O–H groups in total. The highest BCUT2D eigenvalue weighted by molar-refractivity contribution is 6.31. The molecule has 1 heterocycles. The Morgan fingerprint density at radius 2 is 2.35 bits per heavy atom. The minimum absolute atomic E-state index is 0.0396. The van der Waals surface area contributed by atoms with Gasteiger partial charge in [0.05, 0.1) is 22.5 Å². The van der Waals surface area contributed by atoms with E-state index in [1.54, 1.807) is 0 Å². The molecule has 1 aliphatic heterocycles. The fourth-order valence-corrected chi connectivity index (χ4v) is 2.19. The van der Waals surface area contributed by atoms with Crippen molar-refractivity contribution in [3.63, 3.8) is 0 Å². The molecule has 0 saturated carbocycles. The van der Waals surface area contributed by atoms with Crippen LogP contribution in [0.1, 0.15) is 19.8 Å². The van der Waals surface area contributed by atoms with E-state index in [9.17, 15) is 4.39 Å². The molecule has 1 fully saturated rings. The van der Waals surface area contributed by atoms with E-state index in [4.69, 9.17) is 22.1 Å². The summed E-state index contributed by atoms with van der Waals surface area (Å²) in [6, 6.07) is 2.84. The van der Waals surface area contributed by atoms with Crippen LogP contribution in [-0.4, -0.2) is 18.8 Å². The summed E-state index contributed by atoms with van der Waals surface area (Å²) in [6.07, 6.45) is 2.25. The third-order valence-corrected chi connectivity index (χ3v) is 3.29. The zero-order chi connectivity index (χ0) is 12.4. The molecule has 0 aromatic heterocycles. The van der Waals surface area contributed by atoms with Gasteiger partial charge in [-0.1, -0.05) is 11.6 Å². The number of halogens is 2. The lowest BCUT2D eigenvalue weighted by Crippen LogP contribution is -2.30. The van der Waals surface area contributed by atoms with E-state index in [1.807, 2.05) is 6.92 Å². The first-order chi connectivity index (χ1) is 8.08. The monoisotopic (exact) mass is 258 g/mol. The van der Waals surface area contributed by atoms with Gasteiger partial charge in [-0.05, 0) is 25.8 Å². The molecule has 1 aliphatic rings. The highest BCUT2D eigenvalue weighted by atomic mass is 35.5. The van der Waals surface area contributed by atoms with E-state index < -0.39 is 5.82 Å². The second kappa shape index (κ2) is 5.10. The van der Waals surface area contributed by atoms with Gasteiger partial charge in [-0.2, -0.15) is 0 Å². The lowest BCUT2D eigenvalue weighted by Gasteiger charge is -2.22. The van der Waals surface area contributed by atoms with Crippen LogP contribution in [-0.2, 0) is 4.74 Å². The van der Waals surface area contributed by atoms with Crippen molar-refractivity contribution in [2.24, 2.45) is 0 Å². The van der Waals surface area contributed by atoms with Gasteiger partial charge < -0.3 is 15.8 Å². The Bertz CT molecular complexity index is 408. The van der Waals surface area contributed by atoms with Crippen LogP contribution in [0.2, 0.25) is 5.02 Å². The van der Waals surface area contributed by atoms with Crippen molar-refractivity contribution in [3.05, 3.63) is 23.0 Å². The van der Waals surface area contributed by atoms with Crippen LogP contribution < -0.4 is 11.1 Å². The third-order valence-electron chi connectivity index (χ3n) is 3.00. The van der Waals surface area contributed by atoms with Crippen LogP contribution in [0, 0.1) is 5.82 Å². The van der Waals surface area contributed by atoms with Crippen molar-refractivity contribution in [2.75, 3.05) is 17.7 Å². The summed E-state index contributed by atoms with van der Waals surface area (Å²) in [7, 11) is 0. The summed E-state index contributed by atoms with van der Waals surface area (Å²) >= 11 is 5.64. The van der Waals surface area contributed by atoms with E-state index in [0.29, 0.717) is 11.4 Å². The molecule has 1 aromatic rings. The first-order valence-corrected chi connectivity index (χ1v) is 6.08. The fourth-order valence-electron chi connectivity index (χ4n) is 2.02. The van der Waals surface area contributed by atoms with E-state index in [1.165, 1.54) is 12.1 Å². The number of nitrogen functional groups attached to an aromatic ring is 1. The standard InChI is InChI=1S/C12H16ClFN2O/c1-7(12-3-2-4-17-12)16-11-6-9(14)8(13)5-10(11)15/h5-7,12,16H,2-4,15H2,1H3. The van der Waals surface area contributed by atoms with Crippen molar-refractivity contribution >= 4 is 23.0 Å². The van der Waals surface area contributed by atoms with Gasteiger partial charge in [-0.3, -0.25) is 0 Å². The van der Waals surface area contributed by atoms with E-state index in [0.717, 1.165) is 19.4 Å². The van der Waals surface area contributed by atoms with Gasteiger partial charge in [0.15, 0.2) is 0 Å². The second-order valence-corrected chi connectivity index (χ2v) is 4.75. The molecule has 0 spiro atoms. The molecule has 2 unspecified atom stereocenters. The predicted octanol–water partition coefficient (Wildman–Crippen LogP) is 3.04. The van der Waals surface area contributed by atoms with Crippen LogP contribution in [0.4, 0.5) is 15.8 Å². The van der Waals surface area contributed by atoms with Crippen molar-refractivity contribution in [1.82, 2.24) is 0 Å². The lowest BCUT2D eigenvalue weighted by molar-refractivity contribution is 0.0997. The highest BCUT2D eigenvalue weighted by Crippen LogP contribution is 2.28. The average Bonchev–Trinajstić information content (AvgIpc) is 2.79. The van der Waals surface area contributed by atoms with Gasteiger partial charge >= 0.3 is 0 Å². The zero-order valence-electron chi connectivity index (χ0n) is 9.67. The summed E-state index contributed by atoms with van der Waals surface area (Å²) in [5, 5.41) is 3.21. The maximum atomic E-state index is 13.3. The number of rotatable bonds is 3. The van der Waals surface area contributed by atoms with Crippen LogP contribution in [0.3, 0.4) is 0 Å². The van der Waals surface area contributed by atoms with Gasteiger partial charge in [0.25, 0.3) is 0 Å². The molecule has 0 aliphatic carbocycles. The van der Waals surface area contributed by atoms with Gasteiger partial charge in [0, 0.05) is 18.7 Å². The maximum Gasteiger partial charge on any atom is 0.143 e. The highest BCUT2D eigenvalue weighted by Gasteiger charge is 2.22. The Balaban J connectivity index is 2.09. The summed E-state index contributed by atoms with van der Waals surface area (Å²) in [5.41, 5.74) is 6.79. The van der Waals surface area contributed by atoms with E-state index >= 15 is 0 Å². The SMILES string of the molecule is CC(Nc1cc(F)c(Cl)cc1N)C1CCCO1. The molecule has 2 rings (SSSR count). The van der Waals surface area contributed by atoms with Crippen molar-refractivity contribution in [2.45, 2.75) is 31.9 Å². The normalized spacial score (nSPS) is 21.5. The quantitative estimate of drug-likeness (QED) is 0.820. The summed E-state index contributed by atoms with van der Waals surface area (Å²) in [5.74, 6) is -0.470. The molecular weight excluding hydrogens is 243 g/mol. The number of nitrogens with one attached hydrogen (secondary N) is 1. The number of hydrogen-bond donors (Lipinski definition) is 2. The molecule has 1 aromatic carbocycles. The van der Waals surface area contributed by atoms with Crippen LogP contribution in [0.15, 0.2) is 12.1 Å². The average molecular weight is 259 g/mol. The maximum absolute atomic E-state index is 13.3. The van der Waals surface area contributed by atoms with Crippen LogP contribution in [0.25, 0.3) is 0 Å². The Kier molecular flexibility index (Phi) is 3.74. The third kappa shape index (κ3) is 2.82. The van der Waals surface area contributed by atoms with E-state index in [-0.39, 0.29) is 17.2 Å². The van der Waals surface area contributed by atoms with Gasteiger partial charge in [-0.25, -0.2) is 4.39 Å². The minimum Gasteiger partial charge on any atom is -0.397 e. The van der Waals surface area contributed by atoms with Crippen molar-refractivity contribution in [1.29, 1.82) is 0 Å². The Morgan fingerprint density at radius 3 is 3.00 bits per heavy atom. The lowest BCUT2D eigenvalue weighted by atomic mass is 10.1. The molecule has 0 bridgehead atoms. The molecule has 17 heavy (non-hydrogen) atoms. The topological polar surface area (TPSA) is 47.3 Å². The van der Waals surface area contributed by atoms with E-state index in [2.05, 4.69) is 5.32 Å². The minimum atomic E-state index is -0.470. The number of hydrogen-bond acceptors (Lipinski definition) is 3. The Hall–Kier alpha value is -1.00. The molecule has 5 heteroatoms. The zero-order valence-corrected chi connectivity index (χ0v) is 10.4. The summed E-state index contributed by atoms with van der Waals surface area (Å²) in [4.78, 5) is 0. The first kappa shape index (κ1) is 12.5. The molecule has 0 amide bonds. The second-order valence-electron chi connectivity index (χ2n) is 4.34. The molecule has 1 saturated heterocycles. The smallest absolute Gasteiger partial charge is 0.143 e. The summed E-state index contributed by atoms with van der Waals surface area (Å²) < 4.78 is 18.9. The van der Waals surface area contributed by atoms with Gasteiger partial charge in [-0.15, -0.1) is 0 Å². The predicted molar refractivity (Wildman–Crippen MR) is 67.9 cm³/mol. The molecule has 3 nitrogen and oxygen atoms in total. The van der Waals surface area contributed by atoms with Crippen LogP contribution >= 0.6 is 11.6 Å². The summed E-state index contributed by atoms with van der Waals surface area (Å²) in [6.45, 7) is 2.79. The van der Waals surface area contributed by atoms with Crippen molar-refractivity contribution < 1.29 is 9.13 Å². The van der Waals surface area contributed by atoms with Crippen LogP contribution in [0.5, 0.6) is 0 Å².